The van der Waals surface area contributed by atoms with E-state index in [1.165, 1.54) is 12.1 Å². The summed E-state index contributed by atoms with van der Waals surface area (Å²) in [6.07, 6.45) is -2.10. The van der Waals surface area contributed by atoms with Crippen molar-refractivity contribution in [3.8, 4) is 17.2 Å². The fraction of sp³-hybridized carbons (Fsp3) is 0.333. The van der Waals surface area contributed by atoms with E-state index >= 15 is 0 Å². The first-order chi connectivity index (χ1) is 15.2. The fourth-order valence-corrected chi connectivity index (χ4v) is 4.05. The zero-order valence-corrected chi connectivity index (χ0v) is 17.4. The molecule has 0 aliphatic heterocycles. The van der Waals surface area contributed by atoms with E-state index in [0.29, 0.717) is 35.8 Å². The van der Waals surface area contributed by atoms with Crippen molar-refractivity contribution < 1.29 is 32.2 Å². The van der Waals surface area contributed by atoms with Gasteiger partial charge in [-0.15, -0.1) is 0 Å². The quantitative estimate of drug-likeness (QED) is 0.498. The van der Waals surface area contributed by atoms with Gasteiger partial charge < -0.3 is 14.3 Å². The van der Waals surface area contributed by atoms with Gasteiger partial charge in [-0.3, -0.25) is 4.79 Å². The molecule has 0 amide bonds. The van der Waals surface area contributed by atoms with Crippen LogP contribution >= 0.6 is 0 Å². The predicted molar refractivity (Wildman–Crippen MR) is 111 cm³/mol. The summed E-state index contributed by atoms with van der Waals surface area (Å²) in [6.45, 7) is 2.12. The fourth-order valence-electron chi connectivity index (χ4n) is 4.05. The smallest absolute Gasteiger partial charge is 0.416 e. The number of hydrogen-bond acceptors (Lipinski definition) is 4. The number of nitrogens with zero attached hydrogens (tertiary/aromatic N) is 1. The summed E-state index contributed by atoms with van der Waals surface area (Å²) in [6, 6.07) is 10.4. The molecular weight excluding hydrogens is 423 g/mol. The highest BCUT2D eigenvalue weighted by Crippen LogP contribution is 2.37. The molecule has 3 aromatic rings. The Morgan fingerprint density at radius 2 is 1.97 bits per heavy atom. The number of alkyl halides is 3. The normalized spacial score (nSPS) is 15.6. The Morgan fingerprint density at radius 3 is 2.66 bits per heavy atom. The van der Waals surface area contributed by atoms with Gasteiger partial charge in [0.1, 0.15) is 11.5 Å². The van der Waals surface area contributed by atoms with Gasteiger partial charge in [0.15, 0.2) is 0 Å². The number of carbonyl (C=O) groups is 1. The van der Waals surface area contributed by atoms with Gasteiger partial charge in [0.05, 0.1) is 24.3 Å². The number of aryl methyl sites for hydroxylation is 2. The van der Waals surface area contributed by atoms with E-state index in [9.17, 15) is 18.0 Å². The molecule has 8 heteroatoms. The summed E-state index contributed by atoms with van der Waals surface area (Å²) < 4.78 is 49.7. The van der Waals surface area contributed by atoms with Crippen LogP contribution in [-0.4, -0.2) is 22.7 Å². The second-order valence-electron chi connectivity index (χ2n) is 7.89. The van der Waals surface area contributed by atoms with Crippen molar-refractivity contribution in [1.29, 1.82) is 0 Å². The van der Waals surface area contributed by atoms with Crippen molar-refractivity contribution in [1.82, 2.24) is 4.98 Å². The number of ether oxygens (including phenoxy) is 1. The second-order valence-corrected chi connectivity index (χ2v) is 7.89. The molecule has 4 rings (SSSR count). The zero-order valence-electron chi connectivity index (χ0n) is 17.4. The molecular formula is C24H22F3NO4. The van der Waals surface area contributed by atoms with Gasteiger partial charge in [-0.1, -0.05) is 6.07 Å². The van der Waals surface area contributed by atoms with Gasteiger partial charge in [0.25, 0.3) is 0 Å². The molecule has 168 valence electrons. The van der Waals surface area contributed by atoms with Gasteiger partial charge in [-0.05, 0) is 73.2 Å². The Bertz CT molecular complexity index is 1120. The minimum atomic E-state index is -4.39. The number of aromatic nitrogens is 1. The topological polar surface area (TPSA) is 72.6 Å². The molecule has 0 bridgehead atoms. The summed E-state index contributed by atoms with van der Waals surface area (Å²) in [4.78, 5) is 15.4. The van der Waals surface area contributed by atoms with Crippen LogP contribution in [0.2, 0.25) is 0 Å². The van der Waals surface area contributed by atoms with Crippen LogP contribution in [0.3, 0.4) is 0 Å². The number of oxazole rings is 1. The maximum atomic E-state index is 12.7. The first-order valence-electron chi connectivity index (χ1n) is 10.3. The van der Waals surface area contributed by atoms with Crippen LogP contribution in [-0.2, 0) is 23.8 Å². The van der Waals surface area contributed by atoms with Crippen LogP contribution in [0.25, 0.3) is 11.5 Å². The number of fused-ring (bicyclic) bond motifs is 1. The third-order valence-corrected chi connectivity index (χ3v) is 5.70. The van der Waals surface area contributed by atoms with E-state index in [2.05, 4.69) is 4.98 Å². The molecule has 0 spiro atoms. The molecule has 1 heterocycles. The third-order valence-electron chi connectivity index (χ3n) is 5.70. The van der Waals surface area contributed by atoms with Gasteiger partial charge in [-0.2, -0.15) is 13.2 Å². The molecule has 1 atom stereocenters. The number of carboxylic acid groups (broad SMARTS) is 1. The van der Waals surface area contributed by atoms with Crippen LogP contribution in [0.1, 0.15) is 46.9 Å². The maximum Gasteiger partial charge on any atom is 0.416 e. The summed E-state index contributed by atoms with van der Waals surface area (Å²) >= 11 is 0. The summed E-state index contributed by atoms with van der Waals surface area (Å²) in [5.41, 5.74) is 2.64. The monoisotopic (exact) mass is 445 g/mol. The summed E-state index contributed by atoms with van der Waals surface area (Å²) in [7, 11) is 0. The van der Waals surface area contributed by atoms with Gasteiger partial charge in [0.2, 0.25) is 5.89 Å². The van der Waals surface area contributed by atoms with Crippen molar-refractivity contribution in [2.24, 2.45) is 0 Å². The van der Waals surface area contributed by atoms with E-state index < -0.39 is 17.7 Å². The molecule has 1 N–H and O–H groups in total. The average molecular weight is 445 g/mol. The van der Waals surface area contributed by atoms with E-state index in [0.717, 1.165) is 36.1 Å². The lowest BCUT2D eigenvalue weighted by Gasteiger charge is -2.10. The highest BCUT2D eigenvalue weighted by atomic mass is 19.4. The molecule has 1 aromatic heterocycles. The number of hydrogen-bond donors (Lipinski definition) is 1. The Hall–Kier alpha value is -3.29. The van der Waals surface area contributed by atoms with Crippen molar-refractivity contribution in [3.63, 3.8) is 0 Å². The first-order valence-corrected chi connectivity index (χ1v) is 10.3. The van der Waals surface area contributed by atoms with Crippen molar-refractivity contribution >= 4 is 5.97 Å². The Morgan fingerprint density at radius 1 is 1.22 bits per heavy atom. The minimum absolute atomic E-state index is 0.0537. The molecule has 5 nitrogen and oxygen atoms in total. The van der Waals surface area contributed by atoms with Crippen LogP contribution in [0.15, 0.2) is 46.9 Å². The molecule has 1 aliphatic carbocycles. The average Bonchev–Trinajstić information content (AvgIpc) is 3.30. The predicted octanol–water partition coefficient (Wildman–Crippen LogP) is 5.79. The number of aliphatic carboxylic acids is 1. The maximum absolute atomic E-state index is 12.7. The number of halogens is 3. The SMILES string of the molecule is Cc1oc(-c2ccc(C(F)(F)F)cc2)nc1CCOc1ccc2c(c1)CCC2CC(=O)O. The van der Waals surface area contributed by atoms with E-state index in [-0.39, 0.29) is 18.2 Å². The molecule has 32 heavy (non-hydrogen) atoms. The standard InChI is InChI=1S/C24H22F3NO4/c1-14-21(28-23(32-14)15-4-6-18(7-5-15)24(25,26)27)10-11-31-19-8-9-20-16(12-19)2-3-17(20)13-22(29)30/h4-9,12,17H,2-3,10-11,13H2,1H3,(H,29,30). The molecule has 0 saturated heterocycles. The largest absolute Gasteiger partial charge is 0.493 e. The van der Waals surface area contributed by atoms with E-state index in [1.807, 2.05) is 18.2 Å². The first kappa shape index (κ1) is 21.9. The highest BCUT2D eigenvalue weighted by Gasteiger charge is 2.30. The number of benzene rings is 2. The Labute approximate surface area is 182 Å². The lowest BCUT2D eigenvalue weighted by Crippen LogP contribution is -2.04. The molecule has 0 fully saturated rings. The van der Waals surface area contributed by atoms with Crippen molar-refractivity contribution in [3.05, 3.63) is 70.6 Å². The Kier molecular flexibility index (Phi) is 5.95. The number of carboxylic acids is 1. The van der Waals surface area contributed by atoms with Crippen LogP contribution in [0, 0.1) is 6.92 Å². The minimum Gasteiger partial charge on any atom is -0.493 e. The van der Waals surface area contributed by atoms with E-state index in [4.69, 9.17) is 14.3 Å². The van der Waals surface area contributed by atoms with Gasteiger partial charge in [-0.25, -0.2) is 4.98 Å². The van der Waals surface area contributed by atoms with Crippen molar-refractivity contribution in [2.75, 3.05) is 6.61 Å². The molecule has 1 unspecified atom stereocenters. The number of rotatable bonds is 7. The molecule has 2 aromatic carbocycles. The summed E-state index contributed by atoms with van der Waals surface area (Å²) in [5, 5.41) is 9.04. The Balaban J connectivity index is 1.37. The van der Waals surface area contributed by atoms with Gasteiger partial charge in [0, 0.05) is 12.0 Å². The van der Waals surface area contributed by atoms with Crippen LogP contribution < -0.4 is 4.74 Å². The second kappa shape index (κ2) is 8.68. The zero-order chi connectivity index (χ0) is 22.9. The van der Waals surface area contributed by atoms with Gasteiger partial charge >= 0.3 is 12.1 Å². The third kappa shape index (κ3) is 4.79. The van der Waals surface area contributed by atoms with E-state index in [1.54, 1.807) is 6.92 Å². The highest BCUT2D eigenvalue weighted by molar-refractivity contribution is 5.68. The molecule has 0 saturated carbocycles. The van der Waals surface area contributed by atoms with Crippen LogP contribution in [0.4, 0.5) is 13.2 Å². The summed E-state index contributed by atoms with van der Waals surface area (Å²) in [5.74, 6) is 0.839. The van der Waals surface area contributed by atoms with Crippen molar-refractivity contribution in [2.45, 2.75) is 44.7 Å². The lowest BCUT2D eigenvalue weighted by molar-refractivity contribution is -0.138. The lowest BCUT2D eigenvalue weighted by atomic mass is 9.98. The molecule has 0 radical (unpaired) electrons. The van der Waals surface area contributed by atoms with Crippen LogP contribution in [0.5, 0.6) is 5.75 Å². The molecule has 1 aliphatic rings.